The average molecular weight is 248 g/mol. The number of methoxy groups -OCH3 is 2. The standard InChI is InChI=1S/C13H16N2O3/c1-15-10(7-8-14-15)12(16)9-5-4-6-11(17-2)13(9)18-3/h4-8,12,16H,1-3H3. The maximum atomic E-state index is 10.4. The highest BCUT2D eigenvalue weighted by molar-refractivity contribution is 5.49. The molecular formula is C13H16N2O3. The molecule has 0 aliphatic carbocycles. The lowest BCUT2D eigenvalue weighted by Gasteiger charge is -2.17. The van der Waals surface area contributed by atoms with Crippen molar-refractivity contribution < 1.29 is 14.6 Å². The molecule has 1 atom stereocenters. The van der Waals surface area contributed by atoms with Crippen LogP contribution in [-0.2, 0) is 7.05 Å². The fourth-order valence-electron chi connectivity index (χ4n) is 1.94. The third kappa shape index (κ3) is 2.04. The van der Waals surface area contributed by atoms with Gasteiger partial charge >= 0.3 is 0 Å². The number of nitrogens with zero attached hydrogens (tertiary/aromatic N) is 2. The molecule has 5 heteroatoms. The van der Waals surface area contributed by atoms with Crippen molar-refractivity contribution in [1.29, 1.82) is 0 Å². The van der Waals surface area contributed by atoms with Crippen LogP contribution in [-0.4, -0.2) is 29.1 Å². The number of aliphatic hydroxyl groups is 1. The Morgan fingerprint density at radius 2 is 2.00 bits per heavy atom. The maximum Gasteiger partial charge on any atom is 0.166 e. The number of ether oxygens (including phenoxy) is 2. The minimum atomic E-state index is -0.803. The molecule has 0 bridgehead atoms. The Balaban J connectivity index is 2.48. The van der Waals surface area contributed by atoms with E-state index in [4.69, 9.17) is 9.47 Å². The van der Waals surface area contributed by atoms with Crippen LogP contribution in [0.5, 0.6) is 11.5 Å². The molecule has 1 heterocycles. The van der Waals surface area contributed by atoms with Gasteiger partial charge in [0.25, 0.3) is 0 Å². The van der Waals surface area contributed by atoms with Gasteiger partial charge in [0.2, 0.25) is 0 Å². The second-order valence-electron chi connectivity index (χ2n) is 3.86. The Bertz CT molecular complexity index is 537. The number of aliphatic hydroxyl groups excluding tert-OH is 1. The van der Waals surface area contributed by atoms with Gasteiger partial charge in [0.05, 0.1) is 19.9 Å². The van der Waals surface area contributed by atoms with Crippen molar-refractivity contribution in [3.8, 4) is 11.5 Å². The lowest BCUT2D eigenvalue weighted by atomic mass is 10.0. The van der Waals surface area contributed by atoms with Crippen LogP contribution in [0.15, 0.2) is 30.5 Å². The van der Waals surface area contributed by atoms with E-state index in [0.29, 0.717) is 22.8 Å². The van der Waals surface area contributed by atoms with Crippen LogP contribution in [0.25, 0.3) is 0 Å². The summed E-state index contributed by atoms with van der Waals surface area (Å²) in [5.74, 6) is 1.13. The third-order valence-corrected chi connectivity index (χ3v) is 2.87. The van der Waals surface area contributed by atoms with Crippen molar-refractivity contribution in [3.63, 3.8) is 0 Å². The van der Waals surface area contributed by atoms with Gasteiger partial charge in [-0.25, -0.2) is 0 Å². The van der Waals surface area contributed by atoms with Gasteiger partial charge in [0, 0.05) is 18.8 Å². The van der Waals surface area contributed by atoms with Crippen molar-refractivity contribution in [1.82, 2.24) is 9.78 Å². The van der Waals surface area contributed by atoms with Gasteiger partial charge in [-0.2, -0.15) is 5.10 Å². The summed E-state index contributed by atoms with van der Waals surface area (Å²) in [5.41, 5.74) is 1.35. The highest BCUT2D eigenvalue weighted by Crippen LogP contribution is 2.36. The predicted molar refractivity (Wildman–Crippen MR) is 66.8 cm³/mol. The molecule has 2 aromatic rings. The molecule has 5 nitrogen and oxygen atoms in total. The van der Waals surface area contributed by atoms with E-state index < -0.39 is 6.10 Å². The molecule has 0 radical (unpaired) electrons. The summed E-state index contributed by atoms with van der Waals surface area (Å²) >= 11 is 0. The first-order valence-corrected chi connectivity index (χ1v) is 5.56. The molecule has 1 aromatic carbocycles. The molecule has 96 valence electrons. The van der Waals surface area contributed by atoms with Gasteiger partial charge in [-0.3, -0.25) is 4.68 Å². The van der Waals surface area contributed by atoms with Gasteiger partial charge < -0.3 is 14.6 Å². The van der Waals surface area contributed by atoms with Gasteiger partial charge in [-0.1, -0.05) is 12.1 Å². The van der Waals surface area contributed by atoms with E-state index in [0.717, 1.165) is 0 Å². The maximum absolute atomic E-state index is 10.4. The van der Waals surface area contributed by atoms with E-state index in [2.05, 4.69) is 5.10 Å². The van der Waals surface area contributed by atoms with Gasteiger partial charge in [0.1, 0.15) is 6.10 Å². The lowest BCUT2D eigenvalue weighted by Crippen LogP contribution is -2.08. The number of aryl methyl sites for hydroxylation is 1. The molecule has 1 unspecified atom stereocenters. The molecule has 18 heavy (non-hydrogen) atoms. The molecule has 0 aliphatic heterocycles. The highest BCUT2D eigenvalue weighted by atomic mass is 16.5. The number of rotatable bonds is 4. The first kappa shape index (κ1) is 12.4. The minimum Gasteiger partial charge on any atom is -0.493 e. The summed E-state index contributed by atoms with van der Waals surface area (Å²) in [4.78, 5) is 0. The second-order valence-corrected chi connectivity index (χ2v) is 3.86. The number of hydrogen-bond acceptors (Lipinski definition) is 4. The molecule has 0 amide bonds. The third-order valence-electron chi connectivity index (χ3n) is 2.87. The monoisotopic (exact) mass is 248 g/mol. The van der Waals surface area contributed by atoms with Crippen molar-refractivity contribution in [2.45, 2.75) is 6.10 Å². The van der Waals surface area contributed by atoms with Gasteiger partial charge in [-0.05, 0) is 12.1 Å². The quantitative estimate of drug-likeness (QED) is 0.891. The first-order chi connectivity index (χ1) is 8.69. The number of aromatic nitrogens is 2. The Hall–Kier alpha value is -2.01. The van der Waals surface area contributed by atoms with Crippen molar-refractivity contribution >= 4 is 0 Å². The Kier molecular flexibility index (Phi) is 3.53. The van der Waals surface area contributed by atoms with E-state index in [1.807, 2.05) is 6.07 Å². The van der Waals surface area contributed by atoms with Crippen LogP contribution in [0.1, 0.15) is 17.4 Å². The molecule has 2 rings (SSSR count). The van der Waals surface area contributed by atoms with Crippen LogP contribution in [0, 0.1) is 0 Å². The first-order valence-electron chi connectivity index (χ1n) is 5.56. The van der Waals surface area contributed by atoms with Crippen molar-refractivity contribution in [3.05, 3.63) is 41.7 Å². The SMILES string of the molecule is COc1cccc(C(O)c2ccnn2C)c1OC. The molecule has 0 fully saturated rings. The van der Waals surface area contributed by atoms with E-state index in [-0.39, 0.29) is 0 Å². The predicted octanol–water partition coefficient (Wildman–Crippen LogP) is 1.52. The zero-order valence-corrected chi connectivity index (χ0v) is 10.6. The molecule has 0 spiro atoms. The summed E-state index contributed by atoms with van der Waals surface area (Å²) < 4.78 is 12.2. The summed E-state index contributed by atoms with van der Waals surface area (Å²) in [7, 11) is 4.90. The number of hydrogen-bond donors (Lipinski definition) is 1. The van der Waals surface area contributed by atoms with E-state index >= 15 is 0 Å². The highest BCUT2D eigenvalue weighted by Gasteiger charge is 2.20. The van der Waals surface area contributed by atoms with Crippen LogP contribution in [0.3, 0.4) is 0 Å². The summed E-state index contributed by atoms with van der Waals surface area (Å²) in [6, 6.07) is 7.18. The zero-order chi connectivity index (χ0) is 13.1. The smallest absolute Gasteiger partial charge is 0.166 e. The normalized spacial score (nSPS) is 12.2. The summed E-state index contributed by atoms with van der Waals surface area (Å²) in [5, 5.41) is 14.4. The van der Waals surface area contributed by atoms with E-state index in [9.17, 15) is 5.11 Å². The fourth-order valence-corrected chi connectivity index (χ4v) is 1.94. The molecule has 0 saturated heterocycles. The second kappa shape index (κ2) is 5.10. The van der Waals surface area contributed by atoms with Crippen LogP contribution < -0.4 is 9.47 Å². The van der Waals surface area contributed by atoms with Crippen molar-refractivity contribution in [2.75, 3.05) is 14.2 Å². The topological polar surface area (TPSA) is 56.5 Å². The molecule has 1 aromatic heterocycles. The summed E-state index contributed by atoms with van der Waals surface area (Å²) in [6.07, 6.45) is 0.841. The summed E-state index contributed by atoms with van der Waals surface area (Å²) in [6.45, 7) is 0. The van der Waals surface area contributed by atoms with Crippen molar-refractivity contribution in [2.24, 2.45) is 7.05 Å². The fraction of sp³-hybridized carbons (Fsp3) is 0.308. The zero-order valence-electron chi connectivity index (χ0n) is 10.6. The average Bonchev–Trinajstić information content (AvgIpc) is 2.83. The number of benzene rings is 1. The Morgan fingerprint density at radius 3 is 2.56 bits per heavy atom. The Morgan fingerprint density at radius 1 is 1.22 bits per heavy atom. The Labute approximate surface area is 106 Å². The van der Waals surface area contributed by atoms with E-state index in [1.54, 1.807) is 50.3 Å². The largest absolute Gasteiger partial charge is 0.493 e. The van der Waals surface area contributed by atoms with E-state index in [1.165, 1.54) is 0 Å². The van der Waals surface area contributed by atoms with Gasteiger partial charge in [-0.15, -0.1) is 0 Å². The molecule has 0 aliphatic rings. The lowest BCUT2D eigenvalue weighted by molar-refractivity contribution is 0.203. The molecule has 1 N–H and O–H groups in total. The molecule has 0 saturated carbocycles. The number of para-hydroxylation sites is 1. The minimum absolute atomic E-state index is 0.536. The van der Waals surface area contributed by atoms with Gasteiger partial charge in [0.15, 0.2) is 11.5 Å². The van der Waals surface area contributed by atoms with Crippen LogP contribution in [0.4, 0.5) is 0 Å². The van der Waals surface area contributed by atoms with Crippen LogP contribution in [0.2, 0.25) is 0 Å². The van der Waals surface area contributed by atoms with Crippen LogP contribution >= 0.6 is 0 Å². The molecular weight excluding hydrogens is 232 g/mol.